The monoisotopic (exact) mass is 261 g/mol. The molecule has 0 spiro atoms. The summed E-state index contributed by atoms with van der Waals surface area (Å²) < 4.78 is 28.0. The average molecular weight is 261 g/mol. The molecule has 0 bridgehead atoms. The van der Waals surface area contributed by atoms with Crippen LogP contribution < -0.4 is 5.73 Å². The maximum Gasteiger partial charge on any atom is 0.282 e. The fraction of sp³-hybridized carbons (Fsp3) is 1.00. The second kappa shape index (κ2) is 4.84. The molecule has 2 aliphatic rings. The SMILES string of the molecule is CC1CC(C)CN(S(=O)(=O)N2CCC(N)C2)C1. The highest BCUT2D eigenvalue weighted by Crippen LogP contribution is 2.26. The highest BCUT2D eigenvalue weighted by atomic mass is 32.2. The molecule has 0 radical (unpaired) electrons. The second-order valence-electron chi connectivity index (χ2n) is 5.68. The molecule has 0 saturated carbocycles. The zero-order valence-corrected chi connectivity index (χ0v) is 11.5. The third kappa shape index (κ3) is 2.81. The van der Waals surface area contributed by atoms with Gasteiger partial charge in [0.25, 0.3) is 10.2 Å². The minimum atomic E-state index is -3.27. The van der Waals surface area contributed by atoms with Crippen LogP contribution in [-0.2, 0) is 10.2 Å². The number of nitrogens with zero attached hydrogens (tertiary/aromatic N) is 2. The lowest BCUT2D eigenvalue weighted by atomic mass is 9.94. The summed E-state index contributed by atoms with van der Waals surface area (Å²) in [5.74, 6) is 0.898. The predicted molar refractivity (Wildman–Crippen MR) is 67.6 cm³/mol. The van der Waals surface area contributed by atoms with Crippen molar-refractivity contribution in [2.24, 2.45) is 17.6 Å². The van der Waals surface area contributed by atoms with Crippen molar-refractivity contribution in [2.75, 3.05) is 26.2 Å². The zero-order chi connectivity index (χ0) is 12.6. The molecule has 6 heteroatoms. The first-order chi connectivity index (χ1) is 7.89. The summed E-state index contributed by atoms with van der Waals surface area (Å²) in [6.45, 7) is 6.59. The fourth-order valence-corrected chi connectivity index (χ4v) is 4.85. The van der Waals surface area contributed by atoms with Gasteiger partial charge in [0.2, 0.25) is 0 Å². The molecule has 0 amide bonds. The molecular weight excluding hydrogens is 238 g/mol. The number of rotatable bonds is 2. The van der Waals surface area contributed by atoms with Crippen LogP contribution in [0.5, 0.6) is 0 Å². The highest BCUT2D eigenvalue weighted by molar-refractivity contribution is 7.86. The molecule has 0 aromatic carbocycles. The van der Waals surface area contributed by atoms with Gasteiger partial charge in [-0.1, -0.05) is 13.8 Å². The number of hydrogen-bond donors (Lipinski definition) is 1. The molecule has 2 aliphatic heterocycles. The van der Waals surface area contributed by atoms with Gasteiger partial charge in [0.1, 0.15) is 0 Å². The lowest BCUT2D eigenvalue weighted by Crippen LogP contribution is -2.49. The summed E-state index contributed by atoms with van der Waals surface area (Å²) in [7, 11) is -3.27. The highest BCUT2D eigenvalue weighted by Gasteiger charge is 2.37. The van der Waals surface area contributed by atoms with E-state index in [1.54, 1.807) is 8.61 Å². The van der Waals surface area contributed by atoms with E-state index in [9.17, 15) is 8.42 Å². The molecule has 3 unspecified atom stereocenters. The average Bonchev–Trinajstić information content (AvgIpc) is 2.64. The Morgan fingerprint density at radius 3 is 2.12 bits per heavy atom. The summed E-state index contributed by atoms with van der Waals surface area (Å²) >= 11 is 0. The summed E-state index contributed by atoms with van der Waals surface area (Å²) in [4.78, 5) is 0. The van der Waals surface area contributed by atoms with Crippen LogP contribution in [0.15, 0.2) is 0 Å². The molecule has 2 fully saturated rings. The topological polar surface area (TPSA) is 66.6 Å². The molecule has 0 aromatic rings. The Hall–Kier alpha value is -0.170. The Labute approximate surface area is 104 Å². The van der Waals surface area contributed by atoms with Crippen molar-refractivity contribution in [1.29, 1.82) is 0 Å². The molecule has 0 aromatic heterocycles. The van der Waals surface area contributed by atoms with Crippen molar-refractivity contribution in [3.8, 4) is 0 Å². The molecule has 17 heavy (non-hydrogen) atoms. The van der Waals surface area contributed by atoms with Crippen molar-refractivity contribution >= 4 is 10.2 Å². The largest absolute Gasteiger partial charge is 0.326 e. The quantitative estimate of drug-likeness (QED) is 0.774. The zero-order valence-electron chi connectivity index (χ0n) is 10.7. The Morgan fingerprint density at radius 2 is 1.65 bits per heavy atom. The lowest BCUT2D eigenvalue weighted by molar-refractivity contribution is 0.211. The molecule has 5 nitrogen and oxygen atoms in total. The Morgan fingerprint density at radius 1 is 1.06 bits per heavy atom. The maximum atomic E-state index is 12.4. The van der Waals surface area contributed by atoms with Crippen LogP contribution in [0.25, 0.3) is 0 Å². The van der Waals surface area contributed by atoms with E-state index < -0.39 is 10.2 Å². The van der Waals surface area contributed by atoms with Crippen molar-refractivity contribution < 1.29 is 8.42 Å². The van der Waals surface area contributed by atoms with E-state index in [0.717, 1.165) is 12.8 Å². The van der Waals surface area contributed by atoms with E-state index in [1.807, 2.05) is 0 Å². The standard InChI is InChI=1S/C11H23N3O2S/c1-9-5-10(2)7-14(6-9)17(15,16)13-4-3-11(12)8-13/h9-11H,3-8,12H2,1-2H3. The van der Waals surface area contributed by atoms with Gasteiger partial charge in [-0.3, -0.25) is 0 Å². The van der Waals surface area contributed by atoms with Crippen molar-refractivity contribution in [1.82, 2.24) is 8.61 Å². The molecule has 2 N–H and O–H groups in total. The minimum Gasteiger partial charge on any atom is -0.326 e. The van der Waals surface area contributed by atoms with E-state index in [2.05, 4.69) is 13.8 Å². The first-order valence-corrected chi connectivity index (χ1v) is 7.80. The fourth-order valence-electron chi connectivity index (χ4n) is 2.92. The van der Waals surface area contributed by atoms with Gasteiger partial charge in [0.15, 0.2) is 0 Å². The van der Waals surface area contributed by atoms with Crippen LogP contribution >= 0.6 is 0 Å². The summed E-state index contributed by atoms with van der Waals surface area (Å²) in [5, 5.41) is 0. The van der Waals surface area contributed by atoms with Gasteiger partial charge in [-0.25, -0.2) is 0 Å². The van der Waals surface area contributed by atoms with Crippen molar-refractivity contribution in [2.45, 2.75) is 32.7 Å². The van der Waals surface area contributed by atoms with Crippen LogP contribution in [0.4, 0.5) is 0 Å². The molecular formula is C11H23N3O2S. The molecule has 100 valence electrons. The van der Waals surface area contributed by atoms with Gasteiger partial charge in [-0.05, 0) is 24.7 Å². The van der Waals surface area contributed by atoms with E-state index in [-0.39, 0.29) is 6.04 Å². The van der Waals surface area contributed by atoms with Crippen LogP contribution in [0.1, 0.15) is 26.7 Å². The van der Waals surface area contributed by atoms with E-state index in [1.165, 1.54) is 0 Å². The third-order valence-electron chi connectivity index (χ3n) is 3.68. The second-order valence-corrected chi connectivity index (χ2v) is 7.61. The molecule has 2 saturated heterocycles. The Bertz CT molecular complexity index is 361. The van der Waals surface area contributed by atoms with Gasteiger partial charge in [-0.2, -0.15) is 17.0 Å². The van der Waals surface area contributed by atoms with Gasteiger partial charge in [0, 0.05) is 32.2 Å². The Balaban J connectivity index is 2.09. The summed E-state index contributed by atoms with van der Waals surface area (Å²) in [5.41, 5.74) is 5.78. The van der Waals surface area contributed by atoms with E-state index in [0.29, 0.717) is 38.0 Å². The molecule has 2 rings (SSSR count). The van der Waals surface area contributed by atoms with Gasteiger partial charge >= 0.3 is 0 Å². The number of nitrogens with two attached hydrogens (primary N) is 1. The number of hydrogen-bond acceptors (Lipinski definition) is 3. The minimum absolute atomic E-state index is 0.00409. The van der Waals surface area contributed by atoms with Gasteiger partial charge < -0.3 is 5.73 Å². The molecule has 3 atom stereocenters. The predicted octanol–water partition coefficient (Wildman–Crippen LogP) is 0.242. The Kier molecular flexibility index (Phi) is 3.77. The van der Waals surface area contributed by atoms with Crippen LogP contribution in [0, 0.1) is 11.8 Å². The van der Waals surface area contributed by atoms with Gasteiger partial charge in [0.05, 0.1) is 0 Å². The third-order valence-corrected chi connectivity index (χ3v) is 5.61. The first-order valence-electron chi connectivity index (χ1n) is 6.40. The summed E-state index contributed by atoms with van der Waals surface area (Å²) in [6.07, 6.45) is 1.89. The normalized spacial score (nSPS) is 37.5. The smallest absolute Gasteiger partial charge is 0.282 e. The maximum absolute atomic E-state index is 12.4. The van der Waals surface area contributed by atoms with E-state index >= 15 is 0 Å². The molecule has 0 aliphatic carbocycles. The van der Waals surface area contributed by atoms with E-state index in [4.69, 9.17) is 5.73 Å². The first kappa shape index (κ1) is 13.3. The molecule has 2 heterocycles. The van der Waals surface area contributed by atoms with Crippen molar-refractivity contribution in [3.63, 3.8) is 0 Å². The van der Waals surface area contributed by atoms with Crippen LogP contribution in [0.3, 0.4) is 0 Å². The van der Waals surface area contributed by atoms with Crippen LogP contribution in [0.2, 0.25) is 0 Å². The summed E-state index contributed by atoms with van der Waals surface area (Å²) in [6, 6.07) is 0.00409. The van der Waals surface area contributed by atoms with Crippen LogP contribution in [-0.4, -0.2) is 49.2 Å². The lowest BCUT2D eigenvalue weighted by Gasteiger charge is -2.36. The van der Waals surface area contributed by atoms with Crippen molar-refractivity contribution in [3.05, 3.63) is 0 Å². The van der Waals surface area contributed by atoms with Gasteiger partial charge in [-0.15, -0.1) is 0 Å². The number of piperidine rings is 1.